The standard InChI is InChI=1S/C10H15F3/c1-6-7-3-4-8(5-7)9(6,2)10(11,12)13/h6-8H,3-5H2,1-2H3. The summed E-state index contributed by atoms with van der Waals surface area (Å²) in [5.74, 6) is 0.0513. The van der Waals surface area contributed by atoms with Gasteiger partial charge in [-0.05, 0) is 37.0 Å². The lowest BCUT2D eigenvalue weighted by molar-refractivity contribution is -0.249. The summed E-state index contributed by atoms with van der Waals surface area (Å²) in [6, 6.07) is 0. The minimum Gasteiger partial charge on any atom is -0.170 e. The van der Waals surface area contributed by atoms with Crippen molar-refractivity contribution in [2.45, 2.75) is 39.3 Å². The van der Waals surface area contributed by atoms with Gasteiger partial charge in [-0.2, -0.15) is 13.2 Å². The molecule has 0 spiro atoms. The molecule has 0 aromatic carbocycles. The Bertz CT molecular complexity index is 217. The van der Waals surface area contributed by atoms with Crippen LogP contribution in [0.3, 0.4) is 0 Å². The third-order valence-electron chi connectivity index (χ3n) is 4.59. The van der Waals surface area contributed by atoms with Crippen molar-refractivity contribution in [3.63, 3.8) is 0 Å². The van der Waals surface area contributed by atoms with Crippen LogP contribution in [0.1, 0.15) is 33.1 Å². The number of fused-ring (bicyclic) bond motifs is 2. The van der Waals surface area contributed by atoms with Gasteiger partial charge < -0.3 is 0 Å². The summed E-state index contributed by atoms with van der Waals surface area (Å²) in [7, 11) is 0. The first-order chi connectivity index (χ1) is 5.87. The van der Waals surface area contributed by atoms with E-state index in [1.165, 1.54) is 6.92 Å². The van der Waals surface area contributed by atoms with E-state index in [4.69, 9.17) is 0 Å². The van der Waals surface area contributed by atoms with Crippen LogP contribution in [0.4, 0.5) is 13.2 Å². The summed E-state index contributed by atoms with van der Waals surface area (Å²) >= 11 is 0. The summed E-state index contributed by atoms with van der Waals surface area (Å²) in [5.41, 5.74) is -1.39. The SMILES string of the molecule is CC1C2CCC(C2)C1(C)C(F)(F)F. The molecular weight excluding hydrogens is 177 g/mol. The Morgan fingerprint density at radius 2 is 1.85 bits per heavy atom. The topological polar surface area (TPSA) is 0 Å². The van der Waals surface area contributed by atoms with Gasteiger partial charge >= 0.3 is 6.18 Å². The first-order valence-electron chi connectivity index (χ1n) is 4.94. The third-order valence-corrected chi connectivity index (χ3v) is 4.59. The van der Waals surface area contributed by atoms with Gasteiger partial charge in [0.25, 0.3) is 0 Å². The van der Waals surface area contributed by atoms with Gasteiger partial charge in [-0.1, -0.05) is 13.8 Å². The number of hydrogen-bond donors (Lipinski definition) is 0. The van der Waals surface area contributed by atoms with Crippen molar-refractivity contribution in [1.29, 1.82) is 0 Å². The molecule has 2 bridgehead atoms. The Morgan fingerprint density at radius 3 is 2.15 bits per heavy atom. The van der Waals surface area contributed by atoms with Crippen molar-refractivity contribution >= 4 is 0 Å². The summed E-state index contributed by atoms with van der Waals surface area (Å²) in [5, 5.41) is 0. The molecule has 0 amide bonds. The summed E-state index contributed by atoms with van der Waals surface area (Å²) in [6.07, 6.45) is -1.41. The number of alkyl halides is 3. The molecule has 0 nitrogen and oxygen atoms in total. The van der Waals surface area contributed by atoms with E-state index in [0.717, 1.165) is 19.3 Å². The van der Waals surface area contributed by atoms with Gasteiger partial charge in [-0.25, -0.2) is 0 Å². The Kier molecular flexibility index (Phi) is 1.74. The molecule has 2 fully saturated rings. The van der Waals surface area contributed by atoms with Gasteiger partial charge in [0.2, 0.25) is 0 Å². The first kappa shape index (κ1) is 9.35. The van der Waals surface area contributed by atoms with Crippen LogP contribution in [0.25, 0.3) is 0 Å². The Hall–Kier alpha value is -0.210. The van der Waals surface area contributed by atoms with Gasteiger partial charge in [-0.15, -0.1) is 0 Å². The smallest absolute Gasteiger partial charge is 0.170 e. The van der Waals surface area contributed by atoms with E-state index >= 15 is 0 Å². The molecule has 0 aromatic rings. The van der Waals surface area contributed by atoms with Crippen molar-refractivity contribution in [2.75, 3.05) is 0 Å². The fraction of sp³-hybridized carbons (Fsp3) is 1.00. The lowest BCUT2D eigenvalue weighted by Crippen LogP contribution is -2.44. The largest absolute Gasteiger partial charge is 0.394 e. The van der Waals surface area contributed by atoms with E-state index < -0.39 is 11.6 Å². The Labute approximate surface area is 76.5 Å². The second kappa shape index (κ2) is 2.43. The molecule has 0 aliphatic heterocycles. The van der Waals surface area contributed by atoms with E-state index in [1.807, 2.05) is 0 Å². The molecule has 2 aliphatic carbocycles. The highest BCUT2D eigenvalue weighted by atomic mass is 19.4. The maximum atomic E-state index is 12.9. The highest BCUT2D eigenvalue weighted by molar-refractivity contribution is 5.05. The molecule has 0 N–H and O–H groups in total. The minimum absolute atomic E-state index is 0.104. The number of rotatable bonds is 0. The van der Waals surface area contributed by atoms with Gasteiger partial charge in [0, 0.05) is 0 Å². The zero-order chi connectivity index (χ0) is 9.85. The fourth-order valence-electron chi connectivity index (χ4n) is 3.37. The molecule has 4 unspecified atom stereocenters. The molecule has 3 heteroatoms. The highest BCUT2D eigenvalue weighted by Crippen LogP contribution is 2.65. The van der Waals surface area contributed by atoms with Gasteiger partial charge in [-0.3, -0.25) is 0 Å². The van der Waals surface area contributed by atoms with Crippen LogP contribution >= 0.6 is 0 Å². The summed E-state index contributed by atoms with van der Waals surface area (Å²) in [6.45, 7) is 3.19. The van der Waals surface area contributed by atoms with E-state index in [2.05, 4.69) is 0 Å². The van der Waals surface area contributed by atoms with Crippen LogP contribution in [-0.2, 0) is 0 Å². The normalized spacial score (nSPS) is 50.1. The molecule has 0 radical (unpaired) electrons. The molecule has 0 saturated heterocycles. The number of hydrogen-bond acceptors (Lipinski definition) is 0. The van der Waals surface area contributed by atoms with Crippen LogP contribution < -0.4 is 0 Å². The predicted molar refractivity (Wildman–Crippen MR) is 44.2 cm³/mol. The van der Waals surface area contributed by atoms with Gasteiger partial charge in [0.1, 0.15) is 0 Å². The zero-order valence-electron chi connectivity index (χ0n) is 7.99. The van der Waals surface area contributed by atoms with E-state index in [1.54, 1.807) is 6.92 Å². The molecule has 2 saturated carbocycles. The molecule has 2 rings (SSSR count). The van der Waals surface area contributed by atoms with Gasteiger partial charge in [0.05, 0.1) is 5.41 Å². The fourth-order valence-corrected chi connectivity index (χ4v) is 3.37. The zero-order valence-corrected chi connectivity index (χ0v) is 7.99. The second-order valence-corrected chi connectivity index (χ2v) is 4.84. The molecule has 0 heterocycles. The highest BCUT2D eigenvalue weighted by Gasteiger charge is 2.65. The van der Waals surface area contributed by atoms with Gasteiger partial charge in [0.15, 0.2) is 0 Å². The van der Waals surface area contributed by atoms with Crippen LogP contribution in [0, 0.1) is 23.2 Å². The number of halogens is 3. The molecular formula is C10H15F3. The molecule has 2 aliphatic rings. The van der Waals surface area contributed by atoms with Crippen molar-refractivity contribution in [3.05, 3.63) is 0 Å². The maximum Gasteiger partial charge on any atom is 0.394 e. The monoisotopic (exact) mass is 192 g/mol. The van der Waals surface area contributed by atoms with Crippen LogP contribution in [0.5, 0.6) is 0 Å². The van der Waals surface area contributed by atoms with Crippen LogP contribution in [0.15, 0.2) is 0 Å². The van der Waals surface area contributed by atoms with Crippen molar-refractivity contribution in [1.82, 2.24) is 0 Å². The van der Waals surface area contributed by atoms with Crippen molar-refractivity contribution in [2.24, 2.45) is 23.2 Å². The average molecular weight is 192 g/mol. The molecule has 4 atom stereocenters. The van der Waals surface area contributed by atoms with E-state index in [-0.39, 0.29) is 11.8 Å². The van der Waals surface area contributed by atoms with Crippen LogP contribution in [0.2, 0.25) is 0 Å². The summed E-state index contributed by atoms with van der Waals surface area (Å²) < 4.78 is 38.6. The molecule has 0 aromatic heterocycles. The lowest BCUT2D eigenvalue weighted by Gasteiger charge is -2.40. The van der Waals surface area contributed by atoms with Crippen LogP contribution in [-0.4, -0.2) is 6.18 Å². The Morgan fingerprint density at radius 1 is 1.23 bits per heavy atom. The van der Waals surface area contributed by atoms with E-state index in [0.29, 0.717) is 5.92 Å². The predicted octanol–water partition coefficient (Wildman–Crippen LogP) is 3.62. The second-order valence-electron chi connectivity index (χ2n) is 4.84. The van der Waals surface area contributed by atoms with Crippen molar-refractivity contribution < 1.29 is 13.2 Å². The quantitative estimate of drug-likeness (QED) is 0.550. The molecule has 76 valence electrons. The third kappa shape index (κ3) is 0.990. The van der Waals surface area contributed by atoms with E-state index in [9.17, 15) is 13.2 Å². The lowest BCUT2D eigenvalue weighted by atomic mass is 9.67. The first-order valence-corrected chi connectivity index (χ1v) is 4.94. The Balaban J connectivity index is 2.33. The molecule has 13 heavy (non-hydrogen) atoms. The minimum atomic E-state index is -4.01. The maximum absolute atomic E-state index is 12.9. The average Bonchev–Trinajstić information content (AvgIpc) is 2.53. The van der Waals surface area contributed by atoms with Crippen molar-refractivity contribution in [3.8, 4) is 0 Å². The summed E-state index contributed by atoms with van der Waals surface area (Å²) in [4.78, 5) is 0.